The molecule has 0 fully saturated rings. The monoisotopic (exact) mass is 440 g/mol. The standard InChI is InChI=1S/C28H28N2O3/c1-32-23-14-20(15-24(17-23)33-2)18-29-19-22(25-10-4-6-12-27(25)29)16-28(31)30-13-7-9-21-8-3-5-11-26(21)30/h3-6,8,10-12,14-15,17,19H,7,9,13,16,18H2,1-2H3. The minimum absolute atomic E-state index is 0.146. The van der Waals surface area contributed by atoms with Gasteiger partial charge in [0.2, 0.25) is 5.91 Å². The fourth-order valence-electron chi connectivity index (χ4n) is 4.80. The van der Waals surface area contributed by atoms with E-state index < -0.39 is 0 Å². The van der Waals surface area contributed by atoms with Crippen molar-refractivity contribution in [1.29, 1.82) is 0 Å². The van der Waals surface area contributed by atoms with Crippen molar-refractivity contribution in [1.82, 2.24) is 4.57 Å². The molecule has 0 bridgehead atoms. The molecule has 0 aliphatic carbocycles. The highest BCUT2D eigenvalue weighted by atomic mass is 16.5. The number of nitrogens with zero attached hydrogens (tertiary/aromatic N) is 2. The molecule has 0 saturated heterocycles. The molecular formula is C28H28N2O3. The van der Waals surface area contributed by atoms with Crippen LogP contribution in [0.5, 0.6) is 11.5 Å². The van der Waals surface area contributed by atoms with E-state index in [4.69, 9.17) is 9.47 Å². The molecule has 1 amide bonds. The van der Waals surface area contributed by atoms with Crippen LogP contribution in [-0.2, 0) is 24.2 Å². The normalized spacial score (nSPS) is 13.1. The largest absolute Gasteiger partial charge is 0.497 e. The zero-order valence-electron chi connectivity index (χ0n) is 19.1. The van der Waals surface area contributed by atoms with Crippen LogP contribution in [-0.4, -0.2) is 31.2 Å². The van der Waals surface area contributed by atoms with Crippen LogP contribution in [0, 0.1) is 0 Å². The number of aromatic nitrogens is 1. The molecule has 0 spiro atoms. The number of methoxy groups -OCH3 is 2. The van der Waals surface area contributed by atoms with Gasteiger partial charge in [-0.05, 0) is 53.8 Å². The molecule has 33 heavy (non-hydrogen) atoms. The second kappa shape index (κ2) is 9.02. The molecule has 0 saturated carbocycles. The minimum atomic E-state index is 0.146. The Balaban J connectivity index is 1.46. The first kappa shape index (κ1) is 21.1. The molecule has 0 radical (unpaired) electrons. The van der Waals surface area contributed by atoms with Gasteiger partial charge in [0.05, 0.1) is 20.6 Å². The summed E-state index contributed by atoms with van der Waals surface area (Å²) in [5.74, 6) is 1.67. The number of rotatable bonds is 6. The Morgan fingerprint density at radius 1 is 0.939 bits per heavy atom. The number of carbonyl (C=O) groups is 1. The Morgan fingerprint density at radius 3 is 2.45 bits per heavy atom. The molecule has 2 heterocycles. The number of fused-ring (bicyclic) bond motifs is 2. The molecule has 1 aromatic heterocycles. The maximum Gasteiger partial charge on any atom is 0.231 e. The van der Waals surface area contributed by atoms with Gasteiger partial charge in [0.15, 0.2) is 0 Å². The second-order valence-corrected chi connectivity index (χ2v) is 8.47. The molecule has 5 nitrogen and oxygen atoms in total. The topological polar surface area (TPSA) is 43.7 Å². The quantitative estimate of drug-likeness (QED) is 0.412. The van der Waals surface area contributed by atoms with Crippen molar-refractivity contribution in [3.63, 3.8) is 0 Å². The molecule has 5 rings (SSSR count). The number of benzene rings is 3. The summed E-state index contributed by atoms with van der Waals surface area (Å²) in [5.41, 5.74) is 5.55. The molecule has 4 aromatic rings. The molecule has 0 N–H and O–H groups in total. The third kappa shape index (κ3) is 4.19. The summed E-state index contributed by atoms with van der Waals surface area (Å²) in [4.78, 5) is 15.3. The Morgan fingerprint density at radius 2 is 1.67 bits per heavy atom. The van der Waals surface area contributed by atoms with Crippen LogP contribution in [0.3, 0.4) is 0 Å². The minimum Gasteiger partial charge on any atom is -0.497 e. The highest BCUT2D eigenvalue weighted by molar-refractivity contribution is 5.98. The van der Waals surface area contributed by atoms with Gasteiger partial charge in [0.25, 0.3) is 0 Å². The van der Waals surface area contributed by atoms with Crippen molar-refractivity contribution in [2.45, 2.75) is 25.8 Å². The number of hydrogen-bond acceptors (Lipinski definition) is 3. The molecule has 168 valence electrons. The lowest BCUT2D eigenvalue weighted by Crippen LogP contribution is -2.36. The molecule has 0 atom stereocenters. The maximum atomic E-state index is 13.4. The second-order valence-electron chi connectivity index (χ2n) is 8.47. The van der Waals surface area contributed by atoms with Crippen molar-refractivity contribution in [2.24, 2.45) is 0 Å². The van der Waals surface area contributed by atoms with Gasteiger partial charge in [0, 0.05) is 41.9 Å². The highest BCUT2D eigenvalue weighted by Crippen LogP contribution is 2.30. The van der Waals surface area contributed by atoms with Crippen molar-refractivity contribution in [3.05, 3.63) is 89.6 Å². The summed E-state index contributed by atoms with van der Waals surface area (Å²) in [5, 5.41) is 1.12. The highest BCUT2D eigenvalue weighted by Gasteiger charge is 2.23. The lowest BCUT2D eigenvalue weighted by Gasteiger charge is -2.29. The summed E-state index contributed by atoms with van der Waals surface area (Å²) < 4.78 is 13.1. The first-order valence-electron chi connectivity index (χ1n) is 11.3. The zero-order valence-corrected chi connectivity index (χ0v) is 19.1. The van der Waals surface area contributed by atoms with Crippen LogP contribution < -0.4 is 14.4 Å². The Bertz CT molecular complexity index is 1290. The Labute approximate surface area is 194 Å². The van der Waals surface area contributed by atoms with E-state index >= 15 is 0 Å². The summed E-state index contributed by atoms with van der Waals surface area (Å²) in [7, 11) is 3.32. The molecule has 3 aromatic carbocycles. The summed E-state index contributed by atoms with van der Waals surface area (Å²) in [6.07, 6.45) is 4.53. The number of ether oxygens (including phenoxy) is 2. The fourth-order valence-corrected chi connectivity index (χ4v) is 4.80. The molecule has 0 unspecified atom stereocenters. The van der Waals surface area contributed by atoms with Gasteiger partial charge in [-0.25, -0.2) is 0 Å². The van der Waals surface area contributed by atoms with Gasteiger partial charge in [-0.1, -0.05) is 36.4 Å². The maximum absolute atomic E-state index is 13.4. The van der Waals surface area contributed by atoms with E-state index in [1.807, 2.05) is 47.4 Å². The van der Waals surface area contributed by atoms with Gasteiger partial charge in [0.1, 0.15) is 11.5 Å². The average molecular weight is 441 g/mol. The number of para-hydroxylation sites is 2. The van der Waals surface area contributed by atoms with Gasteiger partial charge in [-0.3, -0.25) is 4.79 Å². The average Bonchev–Trinajstić information content (AvgIpc) is 3.20. The van der Waals surface area contributed by atoms with Crippen LogP contribution in [0.1, 0.15) is 23.1 Å². The molecule has 1 aliphatic rings. The van der Waals surface area contributed by atoms with E-state index in [0.717, 1.165) is 58.6 Å². The number of hydrogen-bond donors (Lipinski definition) is 0. The molecule has 1 aliphatic heterocycles. The lowest BCUT2D eigenvalue weighted by atomic mass is 10.0. The van der Waals surface area contributed by atoms with E-state index in [1.165, 1.54) is 5.56 Å². The van der Waals surface area contributed by atoms with Crippen molar-refractivity contribution < 1.29 is 14.3 Å². The van der Waals surface area contributed by atoms with Crippen LogP contribution in [0.2, 0.25) is 0 Å². The van der Waals surface area contributed by atoms with E-state index in [2.05, 4.69) is 35.0 Å². The first-order chi connectivity index (χ1) is 16.2. The Hall–Kier alpha value is -3.73. The SMILES string of the molecule is COc1cc(Cn2cc(CC(=O)N3CCCc4ccccc43)c3ccccc32)cc(OC)c1. The van der Waals surface area contributed by atoms with E-state index in [-0.39, 0.29) is 5.91 Å². The van der Waals surface area contributed by atoms with Gasteiger partial charge in [-0.15, -0.1) is 0 Å². The van der Waals surface area contributed by atoms with Crippen LogP contribution in [0.25, 0.3) is 10.9 Å². The number of carbonyl (C=O) groups excluding carboxylic acids is 1. The smallest absolute Gasteiger partial charge is 0.231 e. The van der Waals surface area contributed by atoms with Crippen molar-refractivity contribution in [2.75, 3.05) is 25.7 Å². The molecular weight excluding hydrogens is 412 g/mol. The van der Waals surface area contributed by atoms with Gasteiger partial charge >= 0.3 is 0 Å². The molecule has 5 heteroatoms. The predicted molar refractivity (Wildman–Crippen MR) is 131 cm³/mol. The third-order valence-electron chi connectivity index (χ3n) is 6.39. The van der Waals surface area contributed by atoms with E-state index in [0.29, 0.717) is 13.0 Å². The fraction of sp³-hybridized carbons (Fsp3) is 0.250. The first-order valence-corrected chi connectivity index (χ1v) is 11.3. The summed E-state index contributed by atoms with van der Waals surface area (Å²) in [6.45, 7) is 1.44. The lowest BCUT2D eigenvalue weighted by molar-refractivity contribution is -0.118. The van der Waals surface area contributed by atoms with Gasteiger partial charge in [-0.2, -0.15) is 0 Å². The Kier molecular flexibility index (Phi) is 5.78. The van der Waals surface area contributed by atoms with Crippen LogP contribution in [0.15, 0.2) is 72.9 Å². The zero-order chi connectivity index (χ0) is 22.8. The van der Waals surface area contributed by atoms with Crippen LogP contribution in [0.4, 0.5) is 5.69 Å². The number of anilines is 1. The number of aryl methyl sites for hydroxylation is 1. The van der Waals surface area contributed by atoms with E-state index in [9.17, 15) is 4.79 Å². The van der Waals surface area contributed by atoms with Crippen molar-refractivity contribution in [3.8, 4) is 11.5 Å². The summed E-state index contributed by atoms with van der Waals surface area (Å²) >= 11 is 0. The predicted octanol–water partition coefficient (Wildman–Crippen LogP) is 5.23. The van der Waals surface area contributed by atoms with E-state index in [1.54, 1.807) is 14.2 Å². The van der Waals surface area contributed by atoms with Crippen LogP contribution >= 0.6 is 0 Å². The third-order valence-corrected chi connectivity index (χ3v) is 6.39. The van der Waals surface area contributed by atoms with Gasteiger partial charge < -0.3 is 18.9 Å². The van der Waals surface area contributed by atoms with Crippen molar-refractivity contribution >= 4 is 22.5 Å². The number of amides is 1. The summed E-state index contributed by atoms with van der Waals surface area (Å²) in [6, 6.07) is 22.4.